The molecule has 0 aliphatic carbocycles. The molecule has 3 rings (SSSR count). The SMILES string of the molecule is CC1(C)O[13CH2][13CH]([13CH2]OP(=O)(OCc2ccccc2)OCc2ccccc2)O1. The zero-order chi connectivity index (χ0) is 19.2. The Bertz CT molecular complexity index is 702. The molecule has 1 fully saturated rings. The Morgan fingerprint density at radius 3 is 1.89 bits per heavy atom. The van der Waals surface area contributed by atoms with Gasteiger partial charge >= 0.3 is 7.82 Å². The molecule has 1 saturated heterocycles. The largest absolute Gasteiger partial charge is 0.475 e. The molecule has 2 aromatic rings. The van der Waals surface area contributed by atoms with Gasteiger partial charge in [0.05, 0.1) is 26.4 Å². The van der Waals surface area contributed by atoms with Crippen LogP contribution in [0.4, 0.5) is 0 Å². The maximum absolute atomic E-state index is 13.1. The van der Waals surface area contributed by atoms with Crippen LogP contribution in [0.1, 0.15) is 25.0 Å². The predicted octanol–water partition coefficient (Wildman–Crippen LogP) is 4.70. The van der Waals surface area contributed by atoms with Gasteiger partial charge in [0.2, 0.25) is 0 Å². The van der Waals surface area contributed by atoms with Gasteiger partial charge in [-0.2, -0.15) is 0 Å². The van der Waals surface area contributed by atoms with Crippen molar-refractivity contribution in [2.24, 2.45) is 0 Å². The minimum Gasteiger partial charge on any atom is -0.348 e. The molecular formula is C20H25O6P. The lowest BCUT2D eigenvalue weighted by Gasteiger charge is -2.21. The molecule has 0 bridgehead atoms. The Balaban J connectivity index is 1.60. The number of ether oxygens (including phenoxy) is 2. The minimum absolute atomic E-state index is 0.0598. The van der Waals surface area contributed by atoms with E-state index in [1.807, 2.05) is 74.5 Å². The van der Waals surface area contributed by atoms with Crippen LogP contribution in [-0.4, -0.2) is 25.1 Å². The fourth-order valence-corrected chi connectivity index (χ4v) is 3.77. The van der Waals surface area contributed by atoms with Crippen LogP contribution in [0.5, 0.6) is 0 Å². The predicted molar refractivity (Wildman–Crippen MR) is 101 cm³/mol. The molecule has 146 valence electrons. The van der Waals surface area contributed by atoms with Gasteiger partial charge in [-0.1, -0.05) is 60.7 Å². The van der Waals surface area contributed by atoms with E-state index in [9.17, 15) is 4.57 Å². The lowest BCUT2D eigenvalue weighted by molar-refractivity contribution is -0.142. The highest BCUT2D eigenvalue weighted by molar-refractivity contribution is 7.48. The van der Waals surface area contributed by atoms with E-state index in [0.29, 0.717) is 6.61 Å². The molecule has 7 heteroatoms. The molecule has 0 saturated carbocycles. The summed E-state index contributed by atoms with van der Waals surface area (Å²) in [6.07, 6.45) is -0.325. The van der Waals surface area contributed by atoms with Crippen molar-refractivity contribution in [1.82, 2.24) is 0 Å². The monoisotopic (exact) mass is 395 g/mol. The Hall–Kier alpha value is -1.53. The summed E-state index contributed by atoms with van der Waals surface area (Å²) < 4.78 is 41.0. The van der Waals surface area contributed by atoms with Crippen molar-refractivity contribution >= 4 is 7.82 Å². The summed E-state index contributed by atoms with van der Waals surface area (Å²) >= 11 is 0. The number of hydrogen-bond acceptors (Lipinski definition) is 6. The molecule has 6 nitrogen and oxygen atoms in total. The van der Waals surface area contributed by atoms with Crippen molar-refractivity contribution in [3.8, 4) is 0 Å². The van der Waals surface area contributed by atoms with E-state index < -0.39 is 13.6 Å². The van der Waals surface area contributed by atoms with E-state index in [4.69, 9.17) is 23.0 Å². The van der Waals surface area contributed by atoms with E-state index >= 15 is 0 Å². The zero-order valence-corrected chi connectivity index (χ0v) is 16.5. The summed E-state index contributed by atoms with van der Waals surface area (Å²) in [4.78, 5) is 0. The topological polar surface area (TPSA) is 63.2 Å². The lowest BCUT2D eigenvalue weighted by atomic mass is 10.2. The Labute approximate surface area is 160 Å². The fourth-order valence-electron chi connectivity index (χ4n) is 2.59. The summed E-state index contributed by atoms with van der Waals surface area (Å²) in [5, 5.41) is 0. The van der Waals surface area contributed by atoms with Crippen LogP contribution in [0, 0.1) is 0 Å². The van der Waals surface area contributed by atoms with E-state index in [2.05, 4.69) is 0 Å². The van der Waals surface area contributed by atoms with Crippen molar-refractivity contribution in [3.63, 3.8) is 0 Å². The normalized spacial score (nSPS) is 19.3. The first-order valence-electron chi connectivity index (χ1n) is 8.87. The fraction of sp³-hybridized carbons (Fsp3) is 0.400. The van der Waals surface area contributed by atoms with Crippen LogP contribution >= 0.6 is 7.82 Å². The van der Waals surface area contributed by atoms with Crippen LogP contribution < -0.4 is 0 Å². The second-order valence-corrected chi connectivity index (χ2v) is 8.38. The molecule has 0 N–H and O–H groups in total. The van der Waals surface area contributed by atoms with Crippen molar-refractivity contribution in [1.29, 1.82) is 0 Å². The van der Waals surface area contributed by atoms with Gasteiger partial charge in [-0.25, -0.2) is 4.57 Å². The number of rotatable bonds is 9. The number of hydrogen-bond donors (Lipinski definition) is 0. The molecule has 1 unspecified atom stereocenters. The van der Waals surface area contributed by atoms with Gasteiger partial charge in [-0.05, 0) is 25.0 Å². The average molecular weight is 395 g/mol. The smallest absolute Gasteiger partial charge is 0.348 e. The molecule has 0 amide bonds. The van der Waals surface area contributed by atoms with Gasteiger partial charge < -0.3 is 9.47 Å². The third kappa shape index (κ3) is 6.54. The standard InChI is InChI=1S/C20H25O6P/c1-20(2)22-15-19(26-20)16-25-27(21,23-13-17-9-5-3-6-10-17)24-14-18-11-7-4-8-12-18/h3-12,19H,13-16H2,1-2H3/i15+1,16+1,19+1. The molecule has 1 atom stereocenters. The number of benzene rings is 2. The van der Waals surface area contributed by atoms with Crippen molar-refractivity contribution in [2.75, 3.05) is 13.2 Å². The first-order valence-corrected chi connectivity index (χ1v) is 10.3. The highest BCUT2D eigenvalue weighted by Crippen LogP contribution is 2.51. The second-order valence-electron chi connectivity index (χ2n) is 6.71. The van der Waals surface area contributed by atoms with Gasteiger partial charge in [0.25, 0.3) is 0 Å². The maximum atomic E-state index is 13.1. The first-order chi connectivity index (χ1) is 12.9. The summed E-state index contributed by atoms with van der Waals surface area (Å²) in [6, 6.07) is 18.9. The Morgan fingerprint density at radius 1 is 0.926 bits per heavy atom. The van der Waals surface area contributed by atoms with Crippen LogP contribution in [-0.2, 0) is 40.8 Å². The molecular weight excluding hydrogens is 370 g/mol. The second kappa shape index (κ2) is 9.11. The zero-order valence-electron chi connectivity index (χ0n) is 15.6. The summed E-state index contributed by atoms with van der Waals surface area (Å²) in [5.74, 6) is -0.673. The number of phosphoric ester groups is 1. The van der Waals surface area contributed by atoms with Crippen LogP contribution in [0.25, 0.3) is 0 Å². The third-order valence-electron chi connectivity index (χ3n) is 3.95. The molecule has 1 aliphatic rings. The molecule has 2 aromatic carbocycles. The lowest BCUT2D eigenvalue weighted by Crippen LogP contribution is -2.24. The Morgan fingerprint density at radius 2 is 1.44 bits per heavy atom. The van der Waals surface area contributed by atoms with Crippen molar-refractivity contribution < 1.29 is 27.6 Å². The Kier molecular flexibility index (Phi) is 6.82. The quantitative estimate of drug-likeness (QED) is 0.453. The molecule has 1 heterocycles. The molecule has 0 radical (unpaired) electrons. The molecule has 0 spiro atoms. The summed E-state index contributed by atoms with van der Waals surface area (Å²) in [6.45, 7) is 4.32. The number of phosphoric acid groups is 1. The maximum Gasteiger partial charge on any atom is 0.475 e. The van der Waals surface area contributed by atoms with Gasteiger partial charge in [0.15, 0.2) is 5.79 Å². The van der Waals surface area contributed by atoms with E-state index in [1.54, 1.807) is 0 Å². The van der Waals surface area contributed by atoms with Gasteiger partial charge in [-0.15, -0.1) is 0 Å². The highest BCUT2D eigenvalue weighted by atomic mass is 31.2. The minimum atomic E-state index is -3.78. The third-order valence-corrected chi connectivity index (χ3v) is 5.31. The van der Waals surface area contributed by atoms with E-state index in [-0.39, 0.29) is 25.9 Å². The highest BCUT2D eigenvalue weighted by Gasteiger charge is 2.36. The summed E-state index contributed by atoms with van der Waals surface area (Å²) in [7, 11) is -3.78. The molecule has 0 aromatic heterocycles. The average Bonchev–Trinajstić information content (AvgIpc) is 3.04. The van der Waals surface area contributed by atoms with Crippen LogP contribution in [0.3, 0.4) is 0 Å². The van der Waals surface area contributed by atoms with E-state index in [0.717, 1.165) is 11.1 Å². The molecule has 27 heavy (non-hydrogen) atoms. The van der Waals surface area contributed by atoms with Crippen molar-refractivity contribution in [3.05, 3.63) is 71.8 Å². The van der Waals surface area contributed by atoms with Crippen molar-refractivity contribution in [2.45, 2.75) is 39.0 Å². The first kappa shape index (κ1) is 20.2. The van der Waals surface area contributed by atoms with Gasteiger partial charge in [-0.3, -0.25) is 13.6 Å². The van der Waals surface area contributed by atoms with Gasteiger partial charge in [0, 0.05) is 0 Å². The van der Waals surface area contributed by atoms with Crippen LogP contribution in [0.15, 0.2) is 60.7 Å². The van der Waals surface area contributed by atoms with E-state index in [1.165, 1.54) is 0 Å². The summed E-state index contributed by atoms with van der Waals surface area (Å²) in [5.41, 5.74) is 1.76. The molecule has 1 aliphatic heterocycles. The van der Waals surface area contributed by atoms with Crippen LogP contribution in [0.2, 0.25) is 0 Å². The van der Waals surface area contributed by atoms with Gasteiger partial charge in [0.1, 0.15) is 6.10 Å².